The lowest BCUT2D eigenvalue weighted by atomic mass is 9.84. The van der Waals surface area contributed by atoms with E-state index in [1.54, 1.807) is 25.1 Å². The van der Waals surface area contributed by atoms with Crippen molar-refractivity contribution >= 4 is 29.3 Å². The maximum Gasteiger partial charge on any atom is 0.326 e. The summed E-state index contributed by atoms with van der Waals surface area (Å²) in [7, 11) is 0. The third-order valence-corrected chi connectivity index (χ3v) is 5.45. The first-order valence-corrected chi connectivity index (χ1v) is 10.2. The highest BCUT2D eigenvalue weighted by atomic mass is 19.1. The highest BCUT2D eigenvalue weighted by Crippen LogP contribution is 2.41. The second-order valence-electron chi connectivity index (χ2n) is 7.68. The molecule has 3 heterocycles. The standard InChI is InChI=1S/C22H21FN6O4/c1-4-33-21(32)22(3)16-17(24)25-18(26-19(16)27-20(22)31)14-9-15(11(2)30)29(28-14)10-12-7-5-6-8-13(12)23/h5-9H,4,10H2,1-3H3,(H3,24,25,26,27,31). The second kappa shape index (κ2) is 8.08. The highest BCUT2D eigenvalue weighted by molar-refractivity contribution is 6.19. The minimum absolute atomic E-state index is 0.0136. The van der Waals surface area contributed by atoms with E-state index in [4.69, 9.17) is 10.5 Å². The van der Waals surface area contributed by atoms with Crippen molar-refractivity contribution in [3.05, 3.63) is 53.0 Å². The smallest absolute Gasteiger partial charge is 0.326 e. The number of ether oxygens (including phenoxy) is 1. The van der Waals surface area contributed by atoms with Crippen LogP contribution in [0, 0.1) is 5.82 Å². The number of ketones is 1. The largest absolute Gasteiger partial charge is 0.465 e. The molecule has 0 saturated heterocycles. The molecular formula is C22H21FN6O4. The summed E-state index contributed by atoms with van der Waals surface area (Å²) in [6, 6.07) is 7.63. The Morgan fingerprint density at radius 3 is 2.67 bits per heavy atom. The number of Topliss-reactive ketones (excluding diaryl/α,β-unsaturated/α-hetero) is 1. The second-order valence-corrected chi connectivity index (χ2v) is 7.68. The Morgan fingerprint density at radius 2 is 2.00 bits per heavy atom. The molecule has 0 fully saturated rings. The van der Waals surface area contributed by atoms with Crippen LogP contribution in [0.25, 0.3) is 11.5 Å². The van der Waals surface area contributed by atoms with E-state index in [2.05, 4.69) is 20.4 Å². The van der Waals surface area contributed by atoms with Crippen LogP contribution < -0.4 is 11.1 Å². The van der Waals surface area contributed by atoms with E-state index in [0.717, 1.165) is 0 Å². The average Bonchev–Trinajstić information content (AvgIpc) is 3.30. The van der Waals surface area contributed by atoms with Crippen LogP contribution in [0.5, 0.6) is 0 Å². The lowest BCUT2D eigenvalue weighted by Crippen LogP contribution is -2.41. The maximum absolute atomic E-state index is 14.1. The van der Waals surface area contributed by atoms with Crippen molar-refractivity contribution in [2.75, 3.05) is 17.7 Å². The number of carbonyl (C=O) groups excluding carboxylic acids is 3. The van der Waals surface area contributed by atoms with Crippen LogP contribution in [-0.4, -0.2) is 44.0 Å². The Labute approximate surface area is 188 Å². The van der Waals surface area contributed by atoms with E-state index in [1.807, 2.05) is 0 Å². The number of benzene rings is 1. The molecule has 1 aliphatic rings. The summed E-state index contributed by atoms with van der Waals surface area (Å²) >= 11 is 0. The quantitative estimate of drug-likeness (QED) is 0.329. The molecule has 3 N–H and O–H groups in total. The first-order valence-electron chi connectivity index (χ1n) is 10.2. The average molecular weight is 452 g/mol. The van der Waals surface area contributed by atoms with Crippen LogP contribution in [0.15, 0.2) is 30.3 Å². The van der Waals surface area contributed by atoms with Gasteiger partial charge < -0.3 is 15.8 Å². The predicted molar refractivity (Wildman–Crippen MR) is 116 cm³/mol. The van der Waals surface area contributed by atoms with E-state index in [1.165, 1.54) is 30.7 Å². The number of nitrogens with one attached hydrogen (secondary N) is 1. The number of anilines is 2. The molecule has 0 aliphatic carbocycles. The molecule has 1 amide bonds. The molecule has 0 saturated carbocycles. The van der Waals surface area contributed by atoms with Gasteiger partial charge in [-0.3, -0.25) is 19.1 Å². The van der Waals surface area contributed by atoms with Gasteiger partial charge in [-0.15, -0.1) is 0 Å². The SMILES string of the molecule is CCOC(=O)C1(C)C(=O)Nc2nc(-c3cc(C(C)=O)n(Cc4ccccc4F)n3)nc(N)c21. The van der Waals surface area contributed by atoms with Gasteiger partial charge in [0.15, 0.2) is 17.0 Å². The Kier molecular flexibility index (Phi) is 5.40. The molecule has 3 aromatic rings. The molecule has 0 spiro atoms. The number of nitrogens with zero attached hydrogens (tertiary/aromatic N) is 4. The summed E-state index contributed by atoms with van der Waals surface area (Å²) in [5.41, 5.74) is 5.32. The summed E-state index contributed by atoms with van der Waals surface area (Å²) in [6.07, 6.45) is 0. The fourth-order valence-corrected chi connectivity index (χ4v) is 3.71. The van der Waals surface area contributed by atoms with E-state index >= 15 is 0 Å². The first kappa shape index (κ1) is 22.1. The third kappa shape index (κ3) is 3.60. The van der Waals surface area contributed by atoms with Gasteiger partial charge in [0.05, 0.1) is 18.7 Å². The third-order valence-electron chi connectivity index (χ3n) is 5.45. The van der Waals surface area contributed by atoms with E-state index in [-0.39, 0.29) is 53.3 Å². The van der Waals surface area contributed by atoms with Crippen molar-refractivity contribution in [2.45, 2.75) is 32.7 Å². The molecule has 2 aromatic heterocycles. The topological polar surface area (TPSA) is 142 Å². The maximum atomic E-state index is 14.1. The summed E-state index contributed by atoms with van der Waals surface area (Å²) in [5.74, 6) is -2.12. The zero-order valence-electron chi connectivity index (χ0n) is 18.2. The predicted octanol–water partition coefficient (Wildman–Crippen LogP) is 2.09. The molecule has 1 atom stereocenters. The van der Waals surface area contributed by atoms with Gasteiger partial charge in [0.1, 0.15) is 28.8 Å². The van der Waals surface area contributed by atoms with Gasteiger partial charge >= 0.3 is 5.97 Å². The minimum atomic E-state index is -1.69. The summed E-state index contributed by atoms with van der Waals surface area (Å²) in [5, 5.41) is 6.92. The van der Waals surface area contributed by atoms with Crippen molar-refractivity contribution in [3.8, 4) is 11.5 Å². The number of halogens is 1. The minimum Gasteiger partial charge on any atom is -0.465 e. The number of esters is 1. The van der Waals surface area contributed by atoms with Gasteiger partial charge in [-0.05, 0) is 26.0 Å². The molecule has 170 valence electrons. The Hall–Kier alpha value is -4.15. The zero-order chi connectivity index (χ0) is 23.9. The summed E-state index contributed by atoms with van der Waals surface area (Å²) in [4.78, 5) is 45.8. The molecular weight excluding hydrogens is 431 g/mol. The van der Waals surface area contributed by atoms with Crippen LogP contribution in [0.4, 0.5) is 16.0 Å². The van der Waals surface area contributed by atoms with Crippen molar-refractivity contribution in [2.24, 2.45) is 0 Å². The Bertz CT molecular complexity index is 1300. The van der Waals surface area contributed by atoms with E-state index < -0.39 is 23.1 Å². The van der Waals surface area contributed by atoms with Crippen LogP contribution >= 0.6 is 0 Å². The highest BCUT2D eigenvalue weighted by Gasteiger charge is 2.53. The van der Waals surface area contributed by atoms with Gasteiger partial charge in [-0.2, -0.15) is 5.10 Å². The molecule has 0 bridgehead atoms. The van der Waals surface area contributed by atoms with Crippen molar-refractivity contribution in [1.29, 1.82) is 0 Å². The fraction of sp³-hybridized carbons (Fsp3) is 0.273. The van der Waals surface area contributed by atoms with Gasteiger partial charge in [-0.25, -0.2) is 14.4 Å². The number of hydrogen-bond acceptors (Lipinski definition) is 8. The Morgan fingerprint density at radius 1 is 1.27 bits per heavy atom. The van der Waals surface area contributed by atoms with Gasteiger partial charge in [-0.1, -0.05) is 18.2 Å². The van der Waals surface area contributed by atoms with Crippen LogP contribution in [0.1, 0.15) is 42.4 Å². The van der Waals surface area contributed by atoms with Crippen LogP contribution in [0.3, 0.4) is 0 Å². The van der Waals surface area contributed by atoms with Crippen molar-refractivity contribution in [1.82, 2.24) is 19.7 Å². The molecule has 1 aliphatic heterocycles. The van der Waals surface area contributed by atoms with Crippen LogP contribution in [-0.2, 0) is 26.3 Å². The number of aromatic nitrogens is 4. The number of hydrogen-bond donors (Lipinski definition) is 2. The van der Waals surface area contributed by atoms with Crippen molar-refractivity contribution < 1.29 is 23.5 Å². The number of rotatable bonds is 6. The van der Waals surface area contributed by atoms with Crippen LogP contribution in [0.2, 0.25) is 0 Å². The van der Waals surface area contributed by atoms with Gasteiger partial charge in [0.25, 0.3) is 0 Å². The fourth-order valence-electron chi connectivity index (χ4n) is 3.71. The molecule has 33 heavy (non-hydrogen) atoms. The lowest BCUT2D eigenvalue weighted by molar-refractivity contribution is -0.152. The number of amides is 1. The molecule has 1 unspecified atom stereocenters. The number of fused-ring (bicyclic) bond motifs is 1. The Balaban J connectivity index is 1.77. The monoisotopic (exact) mass is 452 g/mol. The molecule has 1 aromatic carbocycles. The van der Waals surface area contributed by atoms with E-state index in [0.29, 0.717) is 5.56 Å². The molecule has 10 nitrogen and oxygen atoms in total. The zero-order valence-corrected chi connectivity index (χ0v) is 18.2. The summed E-state index contributed by atoms with van der Waals surface area (Å²) < 4.78 is 20.5. The first-order chi connectivity index (χ1) is 15.7. The van der Waals surface area contributed by atoms with Gasteiger partial charge in [0.2, 0.25) is 5.91 Å². The molecule has 11 heteroatoms. The number of carbonyl (C=O) groups is 3. The summed E-state index contributed by atoms with van der Waals surface area (Å²) in [6.45, 7) is 4.48. The molecule has 0 radical (unpaired) electrons. The van der Waals surface area contributed by atoms with Crippen molar-refractivity contribution in [3.63, 3.8) is 0 Å². The van der Waals surface area contributed by atoms with Gasteiger partial charge in [0, 0.05) is 12.5 Å². The van der Waals surface area contributed by atoms with E-state index in [9.17, 15) is 18.8 Å². The number of nitrogens with two attached hydrogens (primary N) is 1. The normalized spacial score (nSPS) is 16.9. The number of nitrogen functional groups attached to an aromatic ring is 1. The lowest BCUT2D eigenvalue weighted by Gasteiger charge is -2.20. The molecule has 4 rings (SSSR count).